The van der Waals surface area contributed by atoms with Crippen LogP contribution < -0.4 is 9.47 Å². The van der Waals surface area contributed by atoms with E-state index in [0.29, 0.717) is 0 Å². The predicted molar refractivity (Wildman–Crippen MR) is 71.1 cm³/mol. The lowest BCUT2D eigenvalue weighted by atomic mass is 9.86. The lowest BCUT2D eigenvalue weighted by molar-refractivity contribution is 0.0183. The van der Waals surface area contributed by atoms with Gasteiger partial charge in [0, 0.05) is 5.56 Å². The number of hydrogen-bond acceptors (Lipinski definition) is 3. The fraction of sp³-hybridized carbons (Fsp3) is 0.600. The Kier molecular flexibility index (Phi) is 4.12. The molecule has 0 atom stereocenters. The highest BCUT2D eigenvalue weighted by Crippen LogP contribution is 2.41. The van der Waals surface area contributed by atoms with Crippen molar-refractivity contribution < 1.29 is 14.6 Å². The fourth-order valence-corrected chi connectivity index (χ4v) is 2.76. The normalized spacial score (nSPS) is 19.1. The monoisotopic (exact) mass is 250 g/mol. The van der Waals surface area contributed by atoms with E-state index < -0.39 is 5.60 Å². The van der Waals surface area contributed by atoms with E-state index in [1.165, 1.54) is 12.8 Å². The zero-order chi connectivity index (χ0) is 13.0. The van der Waals surface area contributed by atoms with Crippen LogP contribution in [0.15, 0.2) is 18.2 Å². The molecule has 2 rings (SSSR count). The van der Waals surface area contributed by atoms with E-state index in [2.05, 4.69) is 0 Å². The maximum atomic E-state index is 10.9. The van der Waals surface area contributed by atoms with E-state index in [1.54, 1.807) is 14.2 Å². The van der Waals surface area contributed by atoms with Crippen molar-refractivity contribution in [2.75, 3.05) is 14.2 Å². The molecule has 0 radical (unpaired) electrons. The standard InChI is InChI=1S/C15H22O3/c1-17-12-7-8-14(18-2)13(11-12)15(16)9-5-3-4-6-10-15/h7-8,11,16H,3-6,9-10H2,1-2H3. The highest BCUT2D eigenvalue weighted by Gasteiger charge is 2.33. The van der Waals surface area contributed by atoms with Gasteiger partial charge in [-0.25, -0.2) is 0 Å². The third kappa shape index (κ3) is 2.61. The summed E-state index contributed by atoms with van der Waals surface area (Å²) >= 11 is 0. The predicted octanol–water partition coefficient (Wildman–Crippen LogP) is 3.25. The molecule has 18 heavy (non-hydrogen) atoms. The summed E-state index contributed by atoms with van der Waals surface area (Å²) in [6, 6.07) is 5.64. The summed E-state index contributed by atoms with van der Waals surface area (Å²) in [4.78, 5) is 0. The molecule has 1 aromatic rings. The van der Waals surface area contributed by atoms with E-state index in [9.17, 15) is 5.11 Å². The van der Waals surface area contributed by atoms with Crippen LogP contribution in [0, 0.1) is 0 Å². The summed E-state index contributed by atoms with van der Waals surface area (Å²) in [5.41, 5.74) is 0.0994. The molecule has 3 nitrogen and oxygen atoms in total. The molecule has 0 aromatic heterocycles. The highest BCUT2D eigenvalue weighted by atomic mass is 16.5. The maximum Gasteiger partial charge on any atom is 0.125 e. The maximum absolute atomic E-state index is 10.9. The first-order valence-corrected chi connectivity index (χ1v) is 6.64. The Morgan fingerprint density at radius 2 is 1.67 bits per heavy atom. The van der Waals surface area contributed by atoms with Crippen LogP contribution in [-0.2, 0) is 5.60 Å². The molecule has 1 aliphatic rings. The van der Waals surface area contributed by atoms with E-state index in [0.717, 1.165) is 42.7 Å². The van der Waals surface area contributed by atoms with Gasteiger partial charge in [-0.15, -0.1) is 0 Å². The van der Waals surface area contributed by atoms with Crippen LogP contribution in [0.4, 0.5) is 0 Å². The Balaban J connectivity index is 2.39. The Hall–Kier alpha value is -1.22. The van der Waals surface area contributed by atoms with Gasteiger partial charge in [-0.3, -0.25) is 0 Å². The van der Waals surface area contributed by atoms with Crippen LogP contribution in [0.3, 0.4) is 0 Å². The molecule has 1 aliphatic carbocycles. The van der Waals surface area contributed by atoms with Crippen LogP contribution in [0.1, 0.15) is 44.1 Å². The summed E-state index contributed by atoms with van der Waals surface area (Å²) in [6.07, 6.45) is 6.14. The first kappa shape index (κ1) is 13.2. The van der Waals surface area contributed by atoms with Crippen molar-refractivity contribution >= 4 is 0 Å². The molecule has 0 heterocycles. The number of hydrogen-bond donors (Lipinski definition) is 1. The summed E-state index contributed by atoms with van der Waals surface area (Å²) < 4.78 is 10.6. The molecule has 1 fully saturated rings. The van der Waals surface area contributed by atoms with Gasteiger partial charge in [0.15, 0.2) is 0 Å². The van der Waals surface area contributed by atoms with Crippen molar-refractivity contribution in [2.45, 2.75) is 44.1 Å². The van der Waals surface area contributed by atoms with Crippen LogP contribution in [0.5, 0.6) is 11.5 Å². The number of methoxy groups -OCH3 is 2. The van der Waals surface area contributed by atoms with Gasteiger partial charge in [0.25, 0.3) is 0 Å². The summed E-state index contributed by atoms with van der Waals surface area (Å²) in [5, 5.41) is 10.9. The van der Waals surface area contributed by atoms with Crippen LogP contribution in [0.2, 0.25) is 0 Å². The number of rotatable bonds is 3. The Morgan fingerprint density at radius 3 is 2.22 bits per heavy atom. The average molecular weight is 250 g/mol. The summed E-state index contributed by atoms with van der Waals surface area (Å²) in [5.74, 6) is 1.52. The lowest BCUT2D eigenvalue weighted by Crippen LogP contribution is -2.25. The molecule has 0 aliphatic heterocycles. The van der Waals surface area contributed by atoms with Crippen molar-refractivity contribution in [3.05, 3.63) is 23.8 Å². The van der Waals surface area contributed by atoms with Crippen LogP contribution >= 0.6 is 0 Å². The van der Waals surface area contributed by atoms with Gasteiger partial charge in [-0.1, -0.05) is 25.7 Å². The van der Waals surface area contributed by atoms with Crippen molar-refractivity contribution in [3.63, 3.8) is 0 Å². The second-order valence-electron chi connectivity index (χ2n) is 5.01. The average Bonchev–Trinajstić information content (AvgIpc) is 2.64. The Morgan fingerprint density at radius 1 is 1.00 bits per heavy atom. The second-order valence-corrected chi connectivity index (χ2v) is 5.01. The van der Waals surface area contributed by atoms with Crippen molar-refractivity contribution in [1.82, 2.24) is 0 Å². The molecule has 1 aromatic carbocycles. The second kappa shape index (κ2) is 5.61. The smallest absolute Gasteiger partial charge is 0.125 e. The molecule has 1 N–H and O–H groups in total. The zero-order valence-electron chi connectivity index (χ0n) is 11.2. The molecular weight excluding hydrogens is 228 g/mol. The third-order valence-corrected chi connectivity index (χ3v) is 3.84. The molecular formula is C15H22O3. The van der Waals surface area contributed by atoms with Gasteiger partial charge in [0.1, 0.15) is 11.5 Å². The van der Waals surface area contributed by atoms with Crippen molar-refractivity contribution in [2.24, 2.45) is 0 Å². The topological polar surface area (TPSA) is 38.7 Å². The van der Waals surface area contributed by atoms with Crippen LogP contribution in [-0.4, -0.2) is 19.3 Å². The van der Waals surface area contributed by atoms with Gasteiger partial charge in [-0.2, -0.15) is 0 Å². The van der Waals surface area contributed by atoms with Gasteiger partial charge in [0.05, 0.1) is 19.8 Å². The number of ether oxygens (including phenoxy) is 2. The minimum absolute atomic E-state index is 0.750. The lowest BCUT2D eigenvalue weighted by Gasteiger charge is -2.29. The van der Waals surface area contributed by atoms with E-state index >= 15 is 0 Å². The van der Waals surface area contributed by atoms with Gasteiger partial charge < -0.3 is 14.6 Å². The quantitative estimate of drug-likeness (QED) is 0.837. The number of aliphatic hydroxyl groups is 1. The molecule has 3 heteroatoms. The van der Waals surface area contributed by atoms with Gasteiger partial charge in [0.2, 0.25) is 0 Å². The zero-order valence-corrected chi connectivity index (χ0v) is 11.2. The molecule has 0 unspecified atom stereocenters. The summed E-state index contributed by atoms with van der Waals surface area (Å²) in [6.45, 7) is 0. The highest BCUT2D eigenvalue weighted by molar-refractivity contribution is 5.43. The van der Waals surface area contributed by atoms with Gasteiger partial charge >= 0.3 is 0 Å². The molecule has 1 saturated carbocycles. The summed E-state index contributed by atoms with van der Waals surface area (Å²) in [7, 11) is 3.29. The van der Waals surface area contributed by atoms with E-state index in [1.807, 2.05) is 18.2 Å². The van der Waals surface area contributed by atoms with E-state index in [-0.39, 0.29) is 0 Å². The number of benzene rings is 1. The molecule has 0 bridgehead atoms. The minimum atomic E-state index is -0.767. The molecule has 100 valence electrons. The molecule has 0 spiro atoms. The first-order chi connectivity index (χ1) is 8.69. The van der Waals surface area contributed by atoms with Gasteiger partial charge in [-0.05, 0) is 31.0 Å². The van der Waals surface area contributed by atoms with Crippen molar-refractivity contribution in [3.8, 4) is 11.5 Å². The Bertz CT molecular complexity index is 393. The largest absolute Gasteiger partial charge is 0.497 e. The molecule has 0 saturated heterocycles. The van der Waals surface area contributed by atoms with Crippen LogP contribution in [0.25, 0.3) is 0 Å². The third-order valence-electron chi connectivity index (χ3n) is 3.84. The van der Waals surface area contributed by atoms with Crippen molar-refractivity contribution in [1.29, 1.82) is 0 Å². The first-order valence-electron chi connectivity index (χ1n) is 6.64. The SMILES string of the molecule is COc1ccc(OC)c(C2(O)CCCCCC2)c1. The van der Waals surface area contributed by atoms with E-state index in [4.69, 9.17) is 9.47 Å². The molecule has 0 amide bonds. The fourth-order valence-electron chi connectivity index (χ4n) is 2.76. The Labute approximate surface area is 109 Å². The minimum Gasteiger partial charge on any atom is -0.497 e.